The summed E-state index contributed by atoms with van der Waals surface area (Å²) >= 11 is 0. The highest BCUT2D eigenvalue weighted by Crippen LogP contribution is 2.07. The number of hydrogen-bond acceptors (Lipinski definition) is 2. The van der Waals surface area contributed by atoms with Crippen LogP contribution in [-0.4, -0.2) is 22.3 Å². The third-order valence-electron chi connectivity index (χ3n) is 3.55. The smallest absolute Gasteiger partial charge is 0.303 e. The van der Waals surface area contributed by atoms with Crippen molar-refractivity contribution in [1.29, 1.82) is 0 Å². The number of rotatable bonds is 15. The Morgan fingerprint density at radius 2 is 1.35 bits per heavy atom. The van der Waals surface area contributed by atoms with Gasteiger partial charge >= 0.3 is 5.97 Å². The zero-order valence-electron chi connectivity index (χ0n) is 14.6. The molecule has 0 amide bonds. The number of aliphatic hydroxyl groups is 1. The van der Waals surface area contributed by atoms with E-state index in [4.69, 9.17) is 10.2 Å². The first kappa shape index (κ1) is 21.6. The molecule has 2 N–H and O–H groups in total. The number of carbonyl (C=O) groups is 1. The van der Waals surface area contributed by atoms with Crippen LogP contribution in [0.4, 0.5) is 0 Å². The Hall–Kier alpha value is -1.35. The molecule has 0 spiro atoms. The van der Waals surface area contributed by atoms with Crippen LogP contribution in [0.3, 0.4) is 0 Å². The maximum atomic E-state index is 10.3. The van der Waals surface area contributed by atoms with Gasteiger partial charge in [-0.25, -0.2) is 0 Å². The maximum Gasteiger partial charge on any atom is 0.303 e. The number of aliphatic carboxylic acids is 1. The molecule has 0 radical (unpaired) electrons. The highest BCUT2D eigenvalue weighted by molar-refractivity contribution is 5.66. The summed E-state index contributed by atoms with van der Waals surface area (Å²) in [7, 11) is 0. The van der Waals surface area contributed by atoms with Gasteiger partial charge in [0.05, 0.1) is 6.10 Å². The van der Waals surface area contributed by atoms with E-state index in [0.717, 1.165) is 44.9 Å². The Kier molecular flexibility index (Phi) is 16.0. The van der Waals surface area contributed by atoms with Crippen LogP contribution in [0.2, 0.25) is 0 Å². The normalized spacial score (nSPS) is 13.5. The van der Waals surface area contributed by atoms with E-state index in [-0.39, 0.29) is 12.5 Å². The highest BCUT2D eigenvalue weighted by Gasteiger charge is 1.94. The van der Waals surface area contributed by atoms with Gasteiger partial charge in [-0.1, -0.05) is 55.7 Å². The summed E-state index contributed by atoms with van der Waals surface area (Å²) in [5.74, 6) is -0.718. The Labute approximate surface area is 141 Å². The van der Waals surface area contributed by atoms with Crippen molar-refractivity contribution in [3.8, 4) is 0 Å². The fourth-order valence-corrected chi connectivity index (χ4v) is 2.20. The fraction of sp³-hybridized carbons (Fsp3) is 0.650. The van der Waals surface area contributed by atoms with E-state index < -0.39 is 5.97 Å². The summed E-state index contributed by atoms with van der Waals surface area (Å²) in [4.78, 5) is 10.3. The van der Waals surface area contributed by atoms with Gasteiger partial charge in [0.1, 0.15) is 0 Å². The first-order chi connectivity index (χ1) is 11.1. The van der Waals surface area contributed by atoms with Crippen molar-refractivity contribution < 1.29 is 15.0 Å². The number of carboxylic acids is 1. The largest absolute Gasteiger partial charge is 0.481 e. The van der Waals surface area contributed by atoms with Crippen molar-refractivity contribution in [1.82, 2.24) is 0 Å². The van der Waals surface area contributed by atoms with E-state index in [9.17, 15) is 4.79 Å². The summed E-state index contributed by atoms with van der Waals surface area (Å²) in [6.07, 6.45) is 23.4. The zero-order chi connectivity index (χ0) is 17.2. The molecule has 0 saturated carbocycles. The number of carboxylic acid groups (broad SMARTS) is 1. The second-order valence-electron chi connectivity index (χ2n) is 6.01. The minimum Gasteiger partial charge on any atom is -0.481 e. The Bertz CT molecular complexity index is 354. The van der Waals surface area contributed by atoms with Gasteiger partial charge in [0.2, 0.25) is 0 Å². The summed E-state index contributed by atoms with van der Waals surface area (Å²) in [5.41, 5.74) is 0. The van der Waals surface area contributed by atoms with Crippen LogP contribution in [0.5, 0.6) is 0 Å². The molecule has 0 aliphatic rings. The fourth-order valence-electron chi connectivity index (χ4n) is 2.20. The number of allylic oxidation sites excluding steroid dienone is 6. The van der Waals surface area contributed by atoms with E-state index in [1.165, 1.54) is 19.3 Å². The monoisotopic (exact) mass is 322 g/mol. The molecule has 0 saturated heterocycles. The molecule has 3 nitrogen and oxygen atoms in total. The van der Waals surface area contributed by atoms with Gasteiger partial charge < -0.3 is 10.2 Å². The summed E-state index contributed by atoms with van der Waals surface area (Å²) in [6.45, 7) is 1.85. The van der Waals surface area contributed by atoms with Crippen LogP contribution in [0.15, 0.2) is 36.5 Å². The van der Waals surface area contributed by atoms with Crippen molar-refractivity contribution in [2.45, 2.75) is 83.7 Å². The topological polar surface area (TPSA) is 57.5 Å². The van der Waals surface area contributed by atoms with Gasteiger partial charge in [-0.2, -0.15) is 0 Å². The van der Waals surface area contributed by atoms with Gasteiger partial charge in [0.15, 0.2) is 0 Å². The molecule has 0 bridgehead atoms. The van der Waals surface area contributed by atoms with Crippen molar-refractivity contribution >= 4 is 5.97 Å². The lowest BCUT2D eigenvalue weighted by atomic mass is 10.1. The van der Waals surface area contributed by atoms with E-state index >= 15 is 0 Å². The maximum absolute atomic E-state index is 10.3. The molecule has 0 aliphatic carbocycles. The molecule has 3 heteroatoms. The average molecular weight is 322 g/mol. The number of aliphatic hydroxyl groups excluding tert-OH is 1. The van der Waals surface area contributed by atoms with Crippen LogP contribution in [0, 0.1) is 0 Å². The lowest BCUT2D eigenvalue weighted by Gasteiger charge is -2.02. The first-order valence-corrected chi connectivity index (χ1v) is 8.97. The van der Waals surface area contributed by atoms with Gasteiger partial charge in [-0.05, 0) is 51.9 Å². The van der Waals surface area contributed by atoms with Gasteiger partial charge in [-0.3, -0.25) is 4.79 Å². The molecule has 0 aliphatic heterocycles. The second kappa shape index (κ2) is 17.0. The predicted molar refractivity (Wildman–Crippen MR) is 97.5 cm³/mol. The van der Waals surface area contributed by atoms with Gasteiger partial charge in [0, 0.05) is 6.42 Å². The van der Waals surface area contributed by atoms with Crippen molar-refractivity contribution in [2.75, 3.05) is 0 Å². The first-order valence-electron chi connectivity index (χ1n) is 8.97. The molecule has 0 aromatic heterocycles. The van der Waals surface area contributed by atoms with E-state index in [1.807, 2.05) is 6.92 Å². The Morgan fingerprint density at radius 3 is 1.91 bits per heavy atom. The number of hydrogen-bond donors (Lipinski definition) is 2. The Morgan fingerprint density at radius 1 is 0.826 bits per heavy atom. The van der Waals surface area contributed by atoms with Crippen LogP contribution >= 0.6 is 0 Å². The highest BCUT2D eigenvalue weighted by atomic mass is 16.4. The molecule has 132 valence electrons. The minimum atomic E-state index is -0.718. The van der Waals surface area contributed by atoms with Crippen LogP contribution in [-0.2, 0) is 4.79 Å². The molecule has 0 rings (SSSR count). The summed E-state index contributed by atoms with van der Waals surface area (Å²) in [6, 6.07) is 0. The van der Waals surface area contributed by atoms with Crippen molar-refractivity contribution in [2.24, 2.45) is 0 Å². The van der Waals surface area contributed by atoms with Crippen LogP contribution in [0.1, 0.15) is 77.6 Å². The summed E-state index contributed by atoms with van der Waals surface area (Å²) in [5, 5.41) is 17.6. The molecule has 0 fully saturated rings. The molecule has 0 aromatic rings. The average Bonchev–Trinajstić information content (AvgIpc) is 2.49. The molecule has 0 aromatic carbocycles. The Balaban J connectivity index is 3.32. The van der Waals surface area contributed by atoms with E-state index in [0.29, 0.717) is 0 Å². The second-order valence-corrected chi connectivity index (χ2v) is 6.01. The zero-order valence-corrected chi connectivity index (χ0v) is 14.6. The molecule has 1 unspecified atom stereocenters. The molecule has 23 heavy (non-hydrogen) atoms. The minimum absolute atomic E-state index is 0.152. The summed E-state index contributed by atoms with van der Waals surface area (Å²) < 4.78 is 0. The van der Waals surface area contributed by atoms with E-state index in [2.05, 4.69) is 36.5 Å². The standard InChI is InChI=1S/C20H34O3/c1-19(21)17-15-13-11-9-7-5-3-2-4-6-8-10-12-14-16-18-20(22)23/h3-6,10,12,19,21H,2,7-9,11,13-18H2,1H3,(H,22,23)/b5-3-,6-4-,12-10-. The van der Waals surface area contributed by atoms with Gasteiger partial charge in [-0.15, -0.1) is 0 Å². The van der Waals surface area contributed by atoms with Gasteiger partial charge in [0.25, 0.3) is 0 Å². The quantitative estimate of drug-likeness (QED) is 0.313. The van der Waals surface area contributed by atoms with Crippen molar-refractivity contribution in [3.63, 3.8) is 0 Å². The van der Waals surface area contributed by atoms with Crippen molar-refractivity contribution in [3.05, 3.63) is 36.5 Å². The third-order valence-corrected chi connectivity index (χ3v) is 3.55. The SMILES string of the molecule is CC(O)CCCCCC/C=C\C/C=C\C/C=C\CCCC(=O)O. The number of unbranched alkanes of at least 4 members (excludes halogenated alkanes) is 5. The predicted octanol–water partition coefficient (Wildman–Crippen LogP) is 5.41. The molecule has 1 atom stereocenters. The molecule has 0 heterocycles. The molecular formula is C20H34O3. The lowest BCUT2D eigenvalue weighted by Crippen LogP contribution is -1.97. The molecular weight excluding hydrogens is 288 g/mol. The third kappa shape index (κ3) is 20.6. The van der Waals surface area contributed by atoms with E-state index in [1.54, 1.807) is 0 Å². The van der Waals surface area contributed by atoms with Crippen LogP contribution < -0.4 is 0 Å². The lowest BCUT2D eigenvalue weighted by molar-refractivity contribution is -0.137. The van der Waals surface area contributed by atoms with Crippen LogP contribution in [0.25, 0.3) is 0 Å².